The number of fused-ring (bicyclic) bond motifs is 2. The summed E-state index contributed by atoms with van der Waals surface area (Å²) in [4.78, 5) is 0. The number of aryl methyl sites for hydroxylation is 2. The first kappa shape index (κ1) is 12.6. The van der Waals surface area contributed by atoms with E-state index in [0.29, 0.717) is 0 Å². The average molecular weight is 236 g/mol. The van der Waals surface area contributed by atoms with Gasteiger partial charge in [0.2, 0.25) is 0 Å². The second-order valence-corrected chi connectivity index (χ2v) is 4.44. The molecule has 0 radical (unpaired) electrons. The molecule has 0 saturated carbocycles. The van der Waals surface area contributed by atoms with Crippen LogP contribution in [0.2, 0.25) is 0 Å². The second kappa shape index (κ2) is 5.22. The molecule has 0 fully saturated rings. The average Bonchev–Trinajstić information content (AvgIpc) is 2.40. The molecule has 3 rings (SSSR count). The molecule has 92 valence electrons. The number of benzene rings is 3. The van der Waals surface area contributed by atoms with Crippen molar-refractivity contribution in [1.82, 2.24) is 0 Å². The van der Waals surface area contributed by atoms with Crippen LogP contribution in [0.1, 0.15) is 25.0 Å². The molecule has 0 spiro atoms. The SMILES string of the molecule is CC.Cc1cccc2cc3cccc(C)c3cc12. The Labute approximate surface area is 109 Å². The van der Waals surface area contributed by atoms with Crippen molar-refractivity contribution in [1.29, 1.82) is 0 Å². The van der Waals surface area contributed by atoms with Crippen LogP contribution in [0, 0.1) is 13.8 Å². The van der Waals surface area contributed by atoms with Crippen LogP contribution in [-0.4, -0.2) is 0 Å². The summed E-state index contributed by atoms with van der Waals surface area (Å²) in [6.45, 7) is 8.35. The van der Waals surface area contributed by atoms with Crippen LogP contribution in [-0.2, 0) is 0 Å². The van der Waals surface area contributed by atoms with E-state index in [0.717, 1.165) is 0 Å². The lowest BCUT2D eigenvalue weighted by atomic mass is 9.98. The Hall–Kier alpha value is -1.82. The molecule has 0 bridgehead atoms. The largest absolute Gasteiger partial charge is 0.0683 e. The van der Waals surface area contributed by atoms with Gasteiger partial charge in [-0.1, -0.05) is 50.2 Å². The van der Waals surface area contributed by atoms with Gasteiger partial charge in [0.25, 0.3) is 0 Å². The maximum Gasteiger partial charge on any atom is -0.0148 e. The van der Waals surface area contributed by atoms with E-state index in [4.69, 9.17) is 0 Å². The van der Waals surface area contributed by atoms with E-state index in [1.807, 2.05) is 13.8 Å². The van der Waals surface area contributed by atoms with Crippen LogP contribution in [0.4, 0.5) is 0 Å². The first-order valence-electron chi connectivity index (χ1n) is 6.64. The molecular weight excluding hydrogens is 216 g/mol. The minimum absolute atomic E-state index is 1.33. The summed E-state index contributed by atoms with van der Waals surface area (Å²) >= 11 is 0. The summed E-state index contributed by atoms with van der Waals surface area (Å²) in [7, 11) is 0. The minimum atomic E-state index is 1.33. The van der Waals surface area contributed by atoms with Gasteiger partial charge in [0.1, 0.15) is 0 Å². The molecule has 0 amide bonds. The lowest BCUT2D eigenvalue weighted by Gasteiger charge is -2.06. The van der Waals surface area contributed by atoms with E-state index in [-0.39, 0.29) is 0 Å². The van der Waals surface area contributed by atoms with Gasteiger partial charge in [0.05, 0.1) is 0 Å². The second-order valence-electron chi connectivity index (χ2n) is 4.44. The summed E-state index contributed by atoms with van der Waals surface area (Å²) in [6, 6.07) is 17.6. The monoisotopic (exact) mass is 236 g/mol. The molecule has 0 aliphatic rings. The highest BCUT2D eigenvalue weighted by molar-refractivity contribution is 6.00. The molecule has 3 aromatic rings. The first-order valence-corrected chi connectivity index (χ1v) is 6.64. The highest BCUT2D eigenvalue weighted by Crippen LogP contribution is 2.26. The number of hydrogen-bond acceptors (Lipinski definition) is 0. The highest BCUT2D eigenvalue weighted by atomic mass is 14.1. The Morgan fingerprint density at radius 1 is 0.611 bits per heavy atom. The normalized spacial score (nSPS) is 10.2. The number of hydrogen-bond donors (Lipinski definition) is 0. The maximum absolute atomic E-state index is 2.31. The van der Waals surface area contributed by atoms with E-state index in [2.05, 4.69) is 62.4 Å². The van der Waals surface area contributed by atoms with Gasteiger partial charge in [-0.3, -0.25) is 0 Å². The zero-order chi connectivity index (χ0) is 13.1. The fourth-order valence-corrected chi connectivity index (χ4v) is 2.36. The molecule has 0 saturated heterocycles. The van der Waals surface area contributed by atoms with Crippen LogP contribution in [0.15, 0.2) is 48.5 Å². The summed E-state index contributed by atoms with van der Waals surface area (Å²) in [5.41, 5.74) is 2.70. The van der Waals surface area contributed by atoms with Crippen molar-refractivity contribution in [3.8, 4) is 0 Å². The van der Waals surface area contributed by atoms with Crippen molar-refractivity contribution in [2.75, 3.05) is 0 Å². The van der Waals surface area contributed by atoms with Crippen molar-refractivity contribution in [3.63, 3.8) is 0 Å². The number of rotatable bonds is 0. The topological polar surface area (TPSA) is 0 Å². The van der Waals surface area contributed by atoms with Crippen LogP contribution in [0.25, 0.3) is 21.5 Å². The lowest BCUT2D eigenvalue weighted by molar-refractivity contribution is 1.50. The Morgan fingerprint density at radius 2 is 1.06 bits per heavy atom. The third-order valence-corrected chi connectivity index (χ3v) is 3.32. The van der Waals surface area contributed by atoms with Crippen LogP contribution >= 0.6 is 0 Å². The van der Waals surface area contributed by atoms with Gasteiger partial charge in [0, 0.05) is 0 Å². The van der Waals surface area contributed by atoms with E-state index >= 15 is 0 Å². The van der Waals surface area contributed by atoms with Crippen molar-refractivity contribution in [2.24, 2.45) is 0 Å². The fraction of sp³-hybridized carbons (Fsp3) is 0.222. The molecular formula is C18H20. The zero-order valence-electron chi connectivity index (χ0n) is 11.6. The first-order chi connectivity index (χ1) is 8.75. The standard InChI is InChI=1S/C16H14.C2H6/c1-11-5-3-7-13-9-14-8-4-6-12(2)16(14)10-15(11)13;1-2/h3-10H,1-2H3;1-2H3. The van der Waals surface area contributed by atoms with Crippen molar-refractivity contribution in [3.05, 3.63) is 59.7 Å². The molecule has 0 nitrogen and oxygen atoms in total. The predicted octanol–water partition coefficient (Wildman–Crippen LogP) is 5.64. The molecule has 3 aromatic carbocycles. The Bertz CT molecular complexity index is 621. The molecule has 0 N–H and O–H groups in total. The van der Waals surface area contributed by atoms with Crippen LogP contribution in [0.3, 0.4) is 0 Å². The molecule has 0 aromatic heterocycles. The van der Waals surface area contributed by atoms with Gasteiger partial charge in [-0.25, -0.2) is 0 Å². The molecule has 0 unspecified atom stereocenters. The van der Waals surface area contributed by atoms with E-state index in [9.17, 15) is 0 Å². The van der Waals surface area contributed by atoms with Gasteiger partial charge in [-0.2, -0.15) is 0 Å². The lowest BCUT2D eigenvalue weighted by Crippen LogP contribution is -1.82. The molecule has 0 aliphatic heterocycles. The zero-order valence-corrected chi connectivity index (χ0v) is 11.6. The van der Waals surface area contributed by atoms with Crippen molar-refractivity contribution >= 4 is 21.5 Å². The summed E-state index contributed by atoms with van der Waals surface area (Å²) < 4.78 is 0. The predicted molar refractivity (Wildman–Crippen MR) is 82.3 cm³/mol. The smallest absolute Gasteiger partial charge is 0.0148 e. The molecule has 0 aliphatic carbocycles. The molecule has 18 heavy (non-hydrogen) atoms. The van der Waals surface area contributed by atoms with Crippen molar-refractivity contribution in [2.45, 2.75) is 27.7 Å². The van der Waals surface area contributed by atoms with Gasteiger partial charge in [0.15, 0.2) is 0 Å². The minimum Gasteiger partial charge on any atom is -0.0683 e. The van der Waals surface area contributed by atoms with E-state index in [1.54, 1.807) is 0 Å². The third kappa shape index (κ3) is 2.11. The van der Waals surface area contributed by atoms with E-state index < -0.39 is 0 Å². The van der Waals surface area contributed by atoms with Gasteiger partial charge in [-0.15, -0.1) is 0 Å². The Morgan fingerprint density at radius 3 is 1.50 bits per heavy atom. The Kier molecular flexibility index (Phi) is 3.66. The van der Waals surface area contributed by atoms with E-state index in [1.165, 1.54) is 32.7 Å². The van der Waals surface area contributed by atoms with Crippen LogP contribution in [0.5, 0.6) is 0 Å². The molecule has 0 heterocycles. The fourth-order valence-electron chi connectivity index (χ4n) is 2.36. The maximum atomic E-state index is 2.31. The van der Waals surface area contributed by atoms with Crippen LogP contribution < -0.4 is 0 Å². The molecule has 0 heteroatoms. The third-order valence-electron chi connectivity index (χ3n) is 3.32. The molecule has 0 atom stereocenters. The summed E-state index contributed by atoms with van der Waals surface area (Å²) in [6.07, 6.45) is 0. The van der Waals surface area contributed by atoms with Gasteiger partial charge >= 0.3 is 0 Å². The highest BCUT2D eigenvalue weighted by Gasteiger charge is 2.01. The summed E-state index contributed by atoms with van der Waals surface area (Å²) in [5, 5.41) is 5.39. The summed E-state index contributed by atoms with van der Waals surface area (Å²) in [5.74, 6) is 0. The Balaban J connectivity index is 0.000000574. The quantitative estimate of drug-likeness (QED) is 0.443. The van der Waals surface area contributed by atoms with Crippen molar-refractivity contribution < 1.29 is 0 Å². The van der Waals surface area contributed by atoms with Gasteiger partial charge in [-0.05, 0) is 58.7 Å². The van der Waals surface area contributed by atoms with Gasteiger partial charge < -0.3 is 0 Å².